The number of hydrogen-bond donors (Lipinski definition) is 1. The Bertz CT molecular complexity index is 496. The molecule has 2 fully saturated rings. The SMILES string of the molecule is c1ccc2c(c1)OCCC2CN1CCNCC12CCCC2. The highest BCUT2D eigenvalue weighted by atomic mass is 16.5. The van der Waals surface area contributed by atoms with E-state index in [0.29, 0.717) is 11.5 Å². The number of rotatable bonds is 2. The van der Waals surface area contributed by atoms with Crippen molar-refractivity contribution < 1.29 is 4.74 Å². The Kier molecular flexibility index (Phi) is 3.64. The van der Waals surface area contributed by atoms with Gasteiger partial charge in [0.1, 0.15) is 5.75 Å². The third-order valence-corrected chi connectivity index (χ3v) is 5.74. The van der Waals surface area contributed by atoms with Crippen molar-refractivity contribution in [3.63, 3.8) is 0 Å². The highest BCUT2D eigenvalue weighted by Gasteiger charge is 2.42. The van der Waals surface area contributed by atoms with Crippen molar-refractivity contribution in [3.05, 3.63) is 29.8 Å². The molecule has 0 amide bonds. The number of hydrogen-bond acceptors (Lipinski definition) is 3. The first-order valence-electron chi connectivity index (χ1n) is 8.55. The van der Waals surface area contributed by atoms with E-state index in [4.69, 9.17) is 4.74 Å². The van der Waals surface area contributed by atoms with Gasteiger partial charge in [-0.2, -0.15) is 0 Å². The Hall–Kier alpha value is -1.06. The molecule has 1 aromatic rings. The van der Waals surface area contributed by atoms with Crippen LogP contribution >= 0.6 is 0 Å². The standard InChI is InChI=1S/C18H26N2O/c1-2-6-17-16(5-1)15(7-12-21-17)13-20-11-10-19-14-18(20)8-3-4-9-18/h1-2,5-6,15,19H,3-4,7-14H2. The molecule has 1 saturated carbocycles. The van der Waals surface area contributed by atoms with Gasteiger partial charge >= 0.3 is 0 Å². The zero-order valence-electron chi connectivity index (χ0n) is 12.8. The van der Waals surface area contributed by atoms with Crippen molar-refractivity contribution in [2.75, 3.05) is 32.8 Å². The smallest absolute Gasteiger partial charge is 0.122 e. The van der Waals surface area contributed by atoms with Crippen LogP contribution in [-0.4, -0.2) is 43.2 Å². The van der Waals surface area contributed by atoms with Crippen LogP contribution in [0.25, 0.3) is 0 Å². The maximum atomic E-state index is 5.83. The van der Waals surface area contributed by atoms with Crippen LogP contribution < -0.4 is 10.1 Å². The van der Waals surface area contributed by atoms with Crippen LogP contribution in [0.3, 0.4) is 0 Å². The van der Waals surface area contributed by atoms with Gasteiger partial charge in [-0.25, -0.2) is 0 Å². The van der Waals surface area contributed by atoms with Gasteiger partial charge in [0.15, 0.2) is 0 Å². The lowest BCUT2D eigenvalue weighted by atomic mass is 9.87. The van der Waals surface area contributed by atoms with E-state index in [0.717, 1.165) is 25.3 Å². The van der Waals surface area contributed by atoms with Crippen LogP contribution in [0.1, 0.15) is 43.6 Å². The molecule has 1 unspecified atom stereocenters. The molecular weight excluding hydrogens is 260 g/mol. The quantitative estimate of drug-likeness (QED) is 0.905. The topological polar surface area (TPSA) is 24.5 Å². The van der Waals surface area contributed by atoms with E-state index in [9.17, 15) is 0 Å². The fraction of sp³-hybridized carbons (Fsp3) is 0.667. The van der Waals surface area contributed by atoms with Crippen LogP contribution in [0.4, 0.5) is 0 Å². The molecule has 1 aromatic carbocycles. The Morgan fingerprint density at radius 1 is 1.24 bits per heavy atom. The predicted molar refractivity (Wildman–Crippen MR) is 84.9 cm³/mol. The molecule has 0 radical (unpaired) electrons. The van der Waals surface area contributed by atoms with Crippen LogP contribution in [0.2, 0.25) is 0 Å². The molecule has 1 aliphatic carbocycles. The number of benzene rings is 1. The molecule has 3 aliphatic rings. The van der Waals surface area contributed by atoms with Crippen molar-refractivity contribution in [3.8, 4) is 5.75 Å². The minimum atomic E-state index is 0.450. The fourth-order valence-electron chi connectivity index (χ4n) is 4.57. The summed E-state index contributed by atoms with van der Waals surface area (Å²) in [4.78, 5) is 2.81. The molecule has 1 spiro atoms. The van der Waals surface area contributed by atoms with E-state index < -0.39 is 0 Å². The normalized spacial score (nSPS) is 28.3. The average Bonchev–Trinajstić information content (AvgIpc) is 2.99. The lowest BCUT2D eigenvalue weighted by Gasteiger charge is -2.47. The molecule has 2 heterocycles. The fourth-order valence-corrected chi connectivity index (χ4v) is 4.57. The number of ether oxygens (including phenoxy) is 1. The third kappa shape index (κ3) is 2.47. The lowest BCUT2D eigenvalue weighted by molar-refractivity contribution is 0.0537. The Morgan fingerprint density at radius 2 is 2.10 bits per heavy atom. The van der Waals surface area contributed by atoms with Gasteiger partial charge in [0.2, 0.25) is 0 Å². The number of nitrogens with zero attached hydrogens (tertiary/aromatic N) is 1. The predicted octanol–water partition coefficient (Wildman–Crippen LogP) is 2.77. The molecule has 114 valence electrons. The van der Waals surface area contributed by atoms with Gasteiger partial charge in [-0.1, -0.05) is 31.0 Å². The van der Waals surface area contributed by atoms with E-state index >= 15 is 0 Å². The molecule has 4 rings (SSSR count). The summed E-state index contributed by atoms with van der Waals surface area (Å²) in [6.07, 6.45) is 6.73. The summed E-state index contributed by atoms with van der Waals surface area (Å²) in [7, 11) is 0. The molecular formula is C18H26N2O. The van der Waals surface area contributed by atoms with Crippen molar-refractivity contribution in [1.29, 1.82) is 0 Å². The van der Waals surface area contributed by atoms with Crippen LogP contribution in [0.15, 0.2) is 24.3 Å². The number of fused-ring (bicyclic) bond motifs is 1. The van der Waals surface area contributed by atoms with Crippen molar-refractivity contribution in [1.82, 2.24) is 10.2 Å². The number of nitrogens with one attached hydrogen (secondary N) is 1. The van der Waals surface area contributed by atoms with Gasteiger partial charge in [-0.3, -0.25) is 4.90 Å². The van der Waals surface area contributed by atoms with Crippen molar-refractivity contribution in [2.45, 2.75) is 43.6 Å². The number of para-hydroxylation sites is 1. The van der Waals surface area contributed by atoms with Gasteiger partial charge in [0.05, 0.1) is 6.61 Å². The summed E-state index contributed by atoms with van der Waals surface area (Å²) in [6.45, 7) is 5.63. The molecule has 0 aromatic heterocycles. The Morgan fingerprint density at radius 3 is 3.00 bits per heavy atom. The Balaban J connectivity index is 1.55. The van der Waals surface area contributed by atoms with Gasteiger partial charge in [0.25, 0.3) is 0 Å². The molecule has 21 heavy (non-hydrogen) atoms. The molecule has 1 N–H and O–H groups in total. The zero-order valence-corrected chi connectivity index (χ0v) is 12.8. The molecule has 3 heteroatoms. The Labute approximate surface area is 127 Å². The first kappa shape index (κ1) is 13.6. The summed E-state index contributed by atoms with van der Waals surface area (Å²) >= 11 is 0. The summed E-state index contributed by atoms with van der Waals surface area (Å²) in [6, 6.07) is 8.64. The van der Waals surface area contributed by atoms with Crippen molar-refractivity contribution in [2.24, 2.45) is 0 Å². The summed E-state index contributed by atoms with van der Waals surface area (Å²) in [5, 5.41) is 3.64. The highest BCUT2D eigenvalue weighted by molar-refractivity contribution is 5.38. The van der Waals surface area contributed by atoms with E-state index in [2.05, 4.69) is 34.5 Å². The van der Waals surface area contributed by atoms with E-state index in [-0.39, 0.29) is 0 Å². The first-order valence-corrected chi connectivity index (χ1v) is 8.55. The molecule has 1 atom stereocenters. The van der Waals surface area contributed by atoms with Gasteiger partial charge in [-0.05, 0) is 30.9 Å². The third-order valence-electron chi connectivity index (χ3n) is 5.74. The summed E-state index contributed by atoms with van der Waals surface area (Å²) < 4.78 is 5.83. The second-order valence-electron chi connectivity index (χ2n) is 6.93. The average molecular weight is 286 g/mol. The maximum absolute atomic E-state index is 5.83. The van der Waals surface area contributed by atoms with E-state index in [1.165, 1.54) is 50.9 Å². The minimum absolute atomic E-state index is 0.450. The first-order chi connectivity index (χ1) is 10.4. The summed E-state index contributed by atoms with van der Waals surface area (Å²) in [5.41, 5.74) is 1.88. The largest absolute Gasteiger partial charge is 0.493 e. The number of piperazine rings is 1. The second kappa shape index (κ2) is 5.62. The van der Waals surface area contributed by atoms with Gasteiger partial charge in [-0.15, -0.1) is 0 Å². The van der Waals surface area contributed by atoms with Crippen LogP contribution in [0, 0.1) is 0 Å². The minimum Gasteiger partial charge on any atom is -0.493 e. The van der Waals surface area contributed by atoms with Crippen LogP contribution in [-0.2, 0) is 0 Å². The monoisotopic (exact) mass is 286 g/mol. The van der Waals surface area contributed by atoms with Gasteiger partial charge in [0, 0.05) is 37.6 Å². The molecule has 0 bridgehead atoms. The zero-order chi connectivity index (χ0) is 14.1. The van der Waals surface area contributed by atoms with E-state index in [1.807, 2.05) is 0 Å². The molecule has 1 saturated heterocycles. The second-order valence-corrected chi connectivity index (χ2v) is 6.93. The van der Waals surface area contributed by atoms with Gasteiger partial charge < -0.3 is 10.1 Å². The van der Waals surface area contributed by atoms with Crippen molar-refractivity contribution >= 4 is 0 Å². The van der Waals surface area contributed by atoms with E-state index in [1.54, 1.807) is 0 Å². The summed E-state index contributed by atoms with van der Waals surface area (Å²) in [5.74, 6) is 1.76. The molecule has 3 nitrogen and oxygen atoms in total. The highest BCUT2D eigenvalue weighted by Crippen LogP contribution is 2.40. The maximum Gasteiger partial charge on any atom is 0.122 e. The van der Waals surface area contributed by atoms with Crippen LogP contribution in [0.5, 0.6) is 5.75 Å². The molecule has 2 aliphatic heterocycles. The lowest BCUT2D eigenvalue weighted by Crippen LogP contribution is -2.60.